The van der Waals surface area contributed by atoms with Crippen molar-refractivity contribution in [3.05, 3.63) is 71.8 Å². The summed E-state index contributed by atoms with van der Waals surface area (Å²) in [5.41, 5.74) is 1.45. The molecule has 0 bridgehead atoms. The van der Waals surface area contributed by atoms with E-state index >= 15 is 0 Å². The number of methoxy groups -OCH3 is 1. The van der Waals surface area contributed by atoms with Crippen LogP contribution < -0.4 is 0 Å². The zero-order chi connectivity index (χ0) is 37.6. The van der Waals surface area contributed by atoms with Crippen LogP contribution in [0.3, 0.4) is 0 Å². The maximum atomic E-state index is 13.8. The van der Waals surface area contributed by atoms with Crippen LogP contribution in [0.25, 0.3) is 0 Å². The highest BCUT2D eigenvalue weighted by Crippen LogP contribution is 2.50. The van der Waals surface area contributed by atoms with Crippen molar-refractivity contribution in [1.82, 2.24) is 0 Å². The Bertz CT molecular complexity index is 1440. The molecule has 1 aliphatic heterocycles. The first-order valence-electron chi connectivity index (χ1n) is 15.6. The number of rotatable bonds is 17. The van der Waals surface area contributed by atoms with Crippen LogP contribution in [0.5, 0.6) is 0 Å². The molecule has 1 fully saturated rings. The topological polar surface area (TPSA) is 195 Å². The van der Waals surface area contributed by atoms with Crippen LogP contribution in [0.15, 0.2) is 60.7 Å². The third kappa shape index (κ3) is 13.0. The van der Waals surface area contributed by atoms with Gasteiger partial charge in [0.15, 0.2) is 18.3 Å². The van der Waals surface area contributed by atoms with Gasteiger partial charge < -0.3 is 42.2 Å². The molecule has 0 radical (unpaired) electrons. The van der Waals surface area contributed by atoms with Gasteiger partial charge in [0, 0.05) is 34.6 Å². The third-order valence-corrected chi connectivity index (χ3v) is 8.07. The summed E-state index contributed by atoms with van der Waals surface area (Å²) < 4.78 is 56.8. The number of hydrogen-bond donors (Lipinski definition) is 0. The molecule has 2 aromatic carbocycles. The number of esters is 6. The van der Waals surface area contributed by atoms with Crippen LogP contribution in [-0.2, 0) is 88.7 Å². The smallest absolute Gasteiger partial charge is 0.367 e. The maximum absolute atomic E-state index is 13.8. The Morgan fingerprint density at radius 3 is 1.73 bits per heavy atom. The Hall–Kier alpha value is -4.47. The SMILES string of the molecule is COC(=O)C1(OP(OCc2ccccc2)OCc2ccccc2)CC(OC(C)=O)C(OC(C)=O)C([C@@H](OC(C)=O)[C@@H](COC(C)=O)OC(C)=O)O1. The zero-order valence-electron chi connectivity index (χ0n) is 29.0. The average Bonchev–Trinajstić information content (AvgIpc) is 3.07. The van der Waals surface area contributed by atoms with Crippen LogP contribution in [0.1, 0.15) is 52.2 Å². The van der Waals surface area contributed by atoms with Gasteiger partial charge >= 0.3 is 44.4 Å². The van der Waals surface area contributed by atoms with E-state index in [1.54, 1.807) is 48.5 Å². The minimum absolute atomic E-state index is 0.0432. The Morgan fingerprint density at radius 2 is 1.27 bits per heavy atom. The van der Waals surface area contributed by atoms with Crippen LogP contribution in [0.4, 0.5) is 0 Å². The van der Waals surface area contributed by atoms with Gasteiger partial charge in [-0.15, -0.1) is 0 Å². The van der Waals surface area contributed by atoms with E-state index in [-0.39, 0.29) is 13.2 Å². The van der Waals surface area contributed by atoms with Gasteiger partial charge in [0.05, 0.1) is 26.7 Å². The standard InChI is InChI=1S/C34H41O16P/c1-21(35)42-20-29(46-23(3)37)31(48-25(5)39)32-30(47-24(4)38)28(45-22(2)36)17-34(49-32,33(40)41-6)50-51(43-18-26-13-9-7-10-14-26)44-19-27-15-11-8-12-16-27/h7-16,28-32H,17-20H2,1-6H3/t28?,29-,30?,31+,32?,34?/m1/s1. The molecule has 1 heterocycles. The van der Waals surface area contributed by atoms with Crippen molar-refractivity contribution in [2.24, 2.45) is 0 Å². The molecule has 1 saturated heterocycles. The summed E-state index contributed by atoms with van der Waals surface area (Å²) in [5.74, 6) is -8.09. The summed E-state index contributed by atoms with van der Waals surface area (Å²) >= 11 is 0. The molecule has 0 amide bonds. The zero-order valence-corrected chi connectivity index (χ0v) is 29.9. The van der Waals surface area contributed by atoms with Gasteiger partial charge in [0.1, 0.15) is 18.8 Å². The second-order valence-electron chi connectivity index (χ2n) is 11.1. The monoisotopic (exact) mass is 736 g/mol. The molecule has 0 spiro atoms. The molecule has 278 valence electrons. The van der Waals surface area contributed by atoms with E-state index in [0.29, 0.717) is 0 Å². The summed E-state index contributed by atoms with van der Waals surface area (Å²) in [6.07, 6.45) is -8.98. The van der Waals surface area contributed by atoms with Crippen molar-refractivity contribution in [3.8, 4) is 0 Å². The molecule has 0 aliphatic carbocycles. The predicted molar refractivity (Wildman–Crippen MR) is 174 cm³/mol. The maximum Gasteiger partial charge on any atom is 0.367 e. The van der Waals surface area contributed by atoms with Gasteiger partial charge in [0.25, 0.3) is 5.79 Å². The summed E-state index contributed by atoms with van der Waals surface area (Å²) in [6.45, 7) is 4.52. The number of benzene rings is 2. The van der Waals surface area contributed by atoms with Crippen molar-refractivity contribution >= 4 is 44.4 Å². The third-order valence-electron chi connectivity index (χ3n) is 6.94. The van der Waals surface area contributed by atoms with E-state index in [1.807, 2.05) is 12.1 Å². The fourth-order valence-electron chi connectivity index (χ4n) is 4.99. The highest BCUT2D eigenvalue weighted by Gasteiger charge is 2.61. The summed E-state index contributed by atoms with van der Waals surface area (Å²) in [5, 5.41) is 0. The molecule has 17 heteroatoms. The van der Waals surface area contributed by atoms with Crippen LogP contribution >= 0.6 is 8.60 Å². The lowest BCUT2D eigenvalue weighted by atomic mass is 9.90. The summed E-state index contributed by atoms with van der Waals surface area (Å²) in [6, 6.07) is 18.0. The van der Waals surface area contributed by atoms with Gasteiger partial charge in [-0.1, -0.05) is 60.7 Å². The number of hydrogen-bond acceptors (Lipinski definition) is 16. The Balaban J connectivity index is 2.17. The fraction of sp³-hybridized carbons (Fsp3) is 0.471. The van der Waals surface area contributed by atoms with E-state index in [2.05, 4.69) is 0 Å². The molecule has 3 rings (SSSR count). The summed E-state index contributed by atoms with van der Waals surface area (Å²) in [4.78, 5) is 75.2. The first-order chi connectivity index (χ1) is 24.2. The van der Waals surface area contributed by atoms with Crippen LogP contribution in [0.2, 0.25) is 0 Å². The molecular formula is C34H41O16P. The lowest BCUT2D eigenvalue weighted by Gasteiger charge is -2.47. The molecule has 6 atom stereocenters. The number of ether oxygens (including phenoxy) is 7. The van der Waals surface area contributed by atoms with E-state index in [9.17, 15) is 28.8 Å². The first-order valence-corrected chi connectivity index (χ1v) is 16.7. The number of carbonyl (C=O) groups excluding carboxylic acids is 6. The Kier molecular flexibility index (Phi) is 15.9. The van der Waals surface area contributed by atoms with Crippen molar-refractivity contribution in [2.45, 2.75) is 90.6 Å². The number of carbonyl (C=O) groups is 6. The lowest BCUT2D eigenvalue weighted by molar-refractivity contribution is -0.311. The molecule has 0 saturated carbocycles. The van der Waals surface area contributed by atoms with E-state index in [0.717, 1.165) is 52.9 Å². The quantitative estimate of drug-likeness (QED) is 0.130. The molecule has 2 aromatic rings. The minimum Gasteiger partial charge on any atom is -0.465 e. The van der Waals surface area contributed by atoms with Gasteiger partial charge in [0.2, 0.25) is 0 Å². The van der Waals surface area contributed by atoms with Crippen molar-refractivity contribution in [2.75, 3.05) is 13.7 Å². The van der Waals surface area contributed by atoms with Crippen molar-refractivity contribution in [3.63, 3.8) is 0 Å². The van der Waals surface area contributed by atoms with E-state index in [4.69, 9.17) is 46.7 Å². The van der Waals surface area contributed by atoms with Crippen molar-refractivity contribution in [1.29, 1.82) is 0 Å². The van der Waals surface area contributed by atoms with E-state index in [1.165, 1.54) is 0 Å². The van der Waals surface area contributed by atoms with Crippen LogP contribution in [-0.4, -0.2) is 85.8 Å². The van der Waals surface area contributed by atoms with Crippen LogP contribution in [0, 0.1) is 0 Å². The Morgan fingerprint density at radius 1 is 0.745 bits per heavy atom. The fourth-order valence-corrected chi connectivity index (χ4v) is 6.11. The minimum atomic E-state index is -2.56. The molecule has 1 aliphatic rings. The average molecular weight is 737 g/mol. The normalized spacial score (nSPS) is 21.0. The molecule has 0 N–H and O–H groups in total. The highest BCUT2D eigenvalue weighted by atomic mass is 31.2. The highest BCUT2D eigenvalue weighted by molar-refractivity contribution is 7.41. The second-order valence-corrected chi connectivity index (χ2v) is 12.3. The second kappa shape index (κ2) is 19.8. The van der Waals surface area contributed by atoms with E-state index < -0.39 is 93.8 Å². The molecular weight excluding hydrogens is 695 g/mol. The summed E-state index contributed by atoms with van der Waals surface area (Å²) in [7, 11) is -1.49. The molecule has 16 nitrogen and oxygen atoms in total. The predicted octanol–water partition coefficient (Wildman–Crippen LogP) is 3.61. The largest absolute Gasteiger partial charge is 0.465 e. The van der Waals surface area contributed by atoms with Gasteiger partial charge in [-0.2, -0.15) is 0 Å². The van der Waals surface area contributed by atoms with Gasteiger partial charge in [-0.3, -0.25) is 28.5 Å². The first kappa shape index (κ1) is 41.0. The molecule has 0 aromatic heterocycles. The molecule has 51 heavy (non-hydrogen) atoms. The molecule has 4 unspecified atom stereocenters. The van der Waals surface area contributed by atoms with Gasteiger partial charge in [-0.05, 0) is 11.1 Å². The van der Waals surface area contributed by atoms with Crippen molar-refractivity contribution < 1.29 is 75.5 Å². The lowest BCUT2D eigenvalue weighted by Crippen LogP contribution is -2.66. The van der Waals surface area contributed by atoms with Gasteiger partial charge in [-0.25, -0.2) is 4.79 Å². The Labute approximate surface area is 295 Å².